The number of nitrogens with zero attached hydrogens (tertiary/aromatic N) is 2. The number of hydrogen-bond acceptors (Lipinski definition) is 8. The van der Waals surface area contributed by atoms with Crippen molar-refractivity contribution in [2.75, 3.05) is 28.0 Å². The summed E-state index contributed by atoms with van der Waals surface area (Å²) >= 11 is 11.7. The monoisotopic (exact) mass is 746 g/mol. The first-order valence-electron chi connectivity index (χ1n) is 13.2. The molecule has 0 unspecified atom stereocenters. The van der Waals surface area contributed by atoms with Crippen LogP contribution >= 0.6 is 23.2 Å². The van der Waals surface area contributed by atoms with E-state index in [4.69, 9.17) is 27.9 Å². The van der Waals surface area contributed by atoms with Crippen molar-refractivity contribution in [3.63, 3.8) is 0 Å². The van der Waals surface area contributed by atoms with E-state index in [1.807, 2.05) is 4.72 Å². The van der Waals surface area contributed by atoms with E-state index in [2.05, 4.69) is 5.32 Å². The number of sulfonamides is 2. The molecule has 0 saturated carbocycles. The number of nitrogens with one attached hydrogen (secondary N) is 2. The van der Waals surface area contributed by atoms with Gasteiger partial charge in [0.1, 0.15) is 12.3 Å². The number of methoxy groups -OCH3 is 1. The Morgan fingerprint density at radius 2 is 1.54 bits per heavy atom. The molecule has 19 heteroatoms. The van der Waals surface area contributed by atoms with E-state index in [-0.39, 0.29) is 32.6 Å². The lowest BCUT2D eigenvalue weighted by atomic mass is 10.2. The Labute approximate surface area is 282 Å². The number of alkyl halides is 3. The summed E-state index contributed by atoms with van der Waals surface area (Å²) in [5, 5.41) is 13.4. The van der Waals surface area contributed by atoms with Gasteiger partial charge in [0, 0.05) is 28.0 Å². The van der Waals surface area contributed by atoms with E-state index >= 15 is 0 Å². The van der Waals surface area contributed by atoms with Gasteiger partial charge >= 0.3 is 6.18 Å². The molecule has 1 amide bonds. The van der Waals surface area contributed by atoms with Gasteiger partial charge in [0.2, 0.25) is 5.91 Å². The second-order valence-corrected chi connectivity index (χ2v) is 14.3. The topological polar surface area (TPSA) is 165 Å². The zero-order valence-corrected chi connectivity index (χ0v) is 27.7. The number of nitro benzene ring substituents is 1. The Balaban J connectivity index is 1.61. The molecule has 0 aliphatic heterocycles. The van der Waals surface area contributed by atoms with Crippen LogP contribution < -0.4 is 19.1 Å². The summed E-state index contributed by atoms with van der Waals surface area (Å²) in [6, 6.07) is 14.1. The number of aryl methyl sites for hydroxylation is 1. The van der Waals surface area contributed by atoms with E-state index in [1.165, 1.54) is 38.3 Å². The molecule has 4 aromatic rings. The molecule has 4 aromatic carbocycles. The summed E-state index contributed by atoms with van der Waals surface area (Å²) < 4.78 is 101. The van der Waals surface area contributed by atoms with Crippen molar-refractivity contribution in [2.45, 2.75) is 22.9 Å². The average Bonchev–Trinajstić information content (AvgIpc) is 3.00. The fourth-order valence-electron chi connectivity index (χ4n) is 4.30. The van der Waals surface area contributed by atoms with Crippen molar-refractivity contribution >= 4 is 71.9 Å². The van der Waals surface area contributed by atoms with Crippen LogP contribution in [0.5, 0.6) is 5.75 Å². The fourth-order valence-corrected chi connectivity index (χ4v) is 7.18. The molecule has 0 atom stereocenters. The minimum absolute atomic E-state index is 0.00230. The normalized spacial score (nSPS) is 11.9. The lowest BCUT2D eigenvalue weighted by Crippen LogP contribution is -2.38. The van der Waals surface area contributed by atoms with Crippen LogP contribution in [0.3, 0.4) is 0 Å². The smallest absolute Gasteiger partial charge is 0.417 e. The molecular weight excluding hydrogens is 724 g/mol. The standard InChI is InChI=1S/C29H23Cl2F3N4O8S2/c1-17-3-8-22(15-25(17)38(40)41)48(44,45)37(26-13-18(30)4-12-27(26)46-2)16-28(39)35-19-5-9-21(10-6-19)47(42,43)36-20-7-11-24(31)23(14-20)29(32,33)34/h3-15,36H,16H2,1-2H3,(H,35,39). The summed E-state index contributed by atoms with van der Waals surface area (Å²) in [4.78, 5) is 23.1. The number of carbonyl (C=O) groups excluding carboxylic acids is 1. The van der Waals surface area contributed by atoms with Crippen molar-refractivity contribution in [3.05, 3.63) is 110 Å². The Bertz CT molecular complexity index is 2120. The van der Waals surface area contributed by atoms with Gasteiger partial charge in [-0.15, -0.1) is 0 Å². The predicted octanol–water partition coefficient (Wildman–Crippen LogP) is 6.87. The summed E-state index contributed by atoms with van der Waals surface area (Å²) in [5.74, 6) is -0.917. The average molecular weight is 748 g/mol. The molecule has 4 rings (SSSR count). The van der Waals surface area contributed by atoms with Crippen LogP contribution in [0.4, 0.5) is 35.9 Å². The number of benzene rings is 4. The van der Waals surface area contributed by atoms with Crippen LogP contribution in [0.25, 0.3) is 0 Å². The van der Waals surface area contributed by atoms with Crippen LogP contribution in [-0.2, 0) is 31.0 Å². The predicted molar refractivity (Wildman–Crippen MR) is 173 cm³/mol. The Morgan fingerprint density at radius 1 is 0.917 bits per heavy atom. The molecule has 0 spiro atoms. The van der Waals surface area contributed by atoms with E-state index in [0.717, 1.165) is 48.5 Å². The minimum Gasteiger partial charge on any atom is -0.495 e. The first-order valence-corrected chi connectivity index (χ1v) is 16.9. The number of hydrogen-bond donors (Lipinski definition) is 2. The van der Waals surface area contributed by atoms with Crippen molar-refractivity contribution in [1.29, 1.82) is 0 Å². The minimum atomic E-state index is -4.83. The van der Waals surface area contributed by atoms with E-state index in [0.29, 0.717) is 10.4 Å². The number of anilines is 3. The maximum Gasteiger partial charge on any atom is 0.417 e. The maximum absolute atomic E-state index is 13.9. The fraction of sp³-hybridized carbons (Fsp3) is 0.138. The van der Waals surface area contributed by atoms with Crippen LogP contribution in [0.1, 0.15) is 11.1 Å². The van der Waals surface area contributed by atoms with Gasteiger partial charge in [0.25, 0.3) is 25.7 Å². The summed E-state index contributed by atoms with van der Waals surface area (Å²) in [7, 11) is -7.82. The third-order valence-electron chi connectivity index (χ3n) is 6.63. The third-order valence-corrected chi connectivity index (χ3v) is 10.4. The molecule has 2 N–H and O–H groups in total. The van der Waals surface area contributed by atoms with Crippen molar-refractivity contribution in [1.82, 2.24) is 0 Å². The number of nitro groups is 1. The number of rotatable bonds is 11. The molecule has 254 valence electrons. The van der Waals surface area contributed by atoms with Crippen molar-refractivity contribution in [2.24, 2.45) is 0 Å². The molecule has 0 radical (unpaired) electrons. The Morgan fingerprint density at radius 3 is 2.15 bits per heavy atom. The second kappa shape index (κ2) is 13.9. The molecule has 0 heterocycles. The van der Waals surface area contributed by atoms with Gasteiger partial charge in [-0.1, -0.05) is 29.3 Å². The highest BCUT2D eigenvalue weighted by molar-refractivity contribution is 7.93. The molecular formula is C29H23Cl2F3N4O8S2. The molecule has 0 saturated heterocycles. The Hall–Kier alpha value is -4.58. The van der Waals surface area contributed by atoms with E-state index in [1.54, 1.807) is 0 Å². The second-order valence-electron chi connectivity index (χ2n) is 9.90. The molecule has 0 fully saturated rings. The third kappa shape index (κ3) is 8.10. The van der Waals surface area contributed by atoms with Crippen LogP contribution in [0.2, 0.25) is 10.0 Å². The van der Waals surface area contributed by atoms with Crippen LogP contribution in [0, 0.1) is 17.0 Å². The first-order chi connectivity index (χ1) is 22.3. The first kappa shape index (κ1) is 36.3. The zero-order valence-electron chi connectivity index (χ0n) is 24.6. The van der Waals surface area contributed by atoms with Gasteiger partial charge in [-0.2, -0.15) is 13.2 Å². The van der Waals surface area contributed by atoms with Gasteiger partial charge in [0.05, 0.1) is 38.1 Å². The lowest BCUT2D eigenvalue weighted by molar-refractivity contribution is -0.385. The maximum atomic E-state index is 13.9. The van der Waals surface area contributed by atoms with E-state index in [9.17, 15) is 44.9 Å². The number of amides is 1. The number of carbonyl (C=O) groups is 1. The van der Waals surface area contributed by atoms with Gasteiger partial charge in [0.15, 0.2) is 0 Å². The largest absolute Gasteiger partial charge is 0.495 e. The molecule has 12 nitrogen and oxygen atoms in total. The summed E-state index contributed by atoms with van der Waals surface area (Å²) in [6.07, 6.45) is -4.83. The molecule has 0 aromatic heterocycles. The van der Waals surface area contributed by atoms with Gasteiger partial charge in [-0.25, -0.2) is 16.8 Å². The SMILES string of the molecule is COc1ccc(Cl)cc1N(CC(=O)Nc1ccc(S(=O)(=O)Nc2ccc(Cl)c(C(F)(F)F)c2)cc1)S(=O)(=O)c1ccc(C)c([N+](=O)[O-])c1. The highest BCUT2D eigenvalue weighted by Crippen LogP contribution is 2.37. The van der Waals surface area contributed by atoms with Crippen LogP contribution in [-0.4, -0.2) is 41.3 Å². The van der Waals surface area contributed by atoms with Crippen molar-refractivity contribution in [3.8, 4) is 5.75 Å². The molecule has 0 bridgehead atoms. The zero-order chi connectivity index (χ0) is 35.6. The van der Waals surface area contributed by atoms with Gasteiger partial charge in [-0.05, 0) is 73.7 Å². The van der Waals surface area contributed by atoms with Gasteiger partial charge in [-0.3, -0.25) is 23.9 Å². The molecule has 0 aliphatic rings. The van der Waals surface area contributed by atoms with Crippen molar-refractivity contribution < 1.29 is 44.5 Å². The highest BCUT2D eigenvalue weighted by Gasteiger charge is 2.34. The molecule has 48 heavy (non-hydrogen) atoms. The van der Waals surface area contributed by atoms with Gasteiger partial charge < -0.3 is 10.1 Å². The Kier molecular flexibility index (Phi) is 10.5. The summed E-state index contributed by atoms with van der Waals surface area (Å²) in [6.45, 7) is 0.536. The quantitative estimate of drug-likeness (QED) is 0.124. The number of halogens is 5. The lowest BCUT2D eigenvalue weighted by Gasteiger charge is -2.26. The molecule has 0 aliphatic carbocycles. The number of ether oxygens (including phenoxy) is 1. The summed E-state index contributed by atoms with van der Waals surface area (Å²) in [5.41, 5.74) is -2.06. The van der Waals surface area contributed by atoms with E-state index < -0.39 is 70.5 Å². The highest BCUT2D eigenvalue weighted by atomic mass is 35.5. The van der Waals surface area contributed by atoms with Crippen LogP contribution in [0.15, 0.2) is 88.7 Å².